The lowest BCUT2D eigenvalue weighted by Gasteiger charge is -2.00. The normalized spacial score (nSPS) is 10.6. The Bertz CT molecular complexity index is 684. The molecule has 0 aliphatic heterocycles. The maximum atomic E-state index is 9.24. The van der Waals surface area contributed by atoms with Crippen LogP contribution < -0.4 is 0 Å². The van der Waals surface area contributed by atoms with Gasteiger partial charge in [-0.1, -0.05) is 24.3 Å². The Morgan fingerprint density at radius 3 is 2.11 bits per heavy atom. The Balaban J connectivity index is 2.36. The summed E-state index contributed by atoms with van der Waals surface area (Å²) >= 11 is 2.24. The highest BCUT2D eigenvalue weighted by Crippen LogP contribution is 2.18. The first kappa shape index (κ1) is 13.3. The van der Waals surface area contributed by atoms with Gasteiger partial charge in [0.25, 0.3) is 0 Å². The minimum Gasteiger partial charge on any atom is -0.192 e. The number of hydrogen-bond acceptors (Lipinski definition) is 2. The van der Waals surface area contributed by atoms with Gasteiger partial charge in [-0.2, -0.15) is 10.5 Å². The van der Waals surface area contributed by atoms with Gasteiger partial charge >= 0.3 is 0 Å². The molecule has 0 fully saturated rings. The van der Waals surface area contributed by atoms with Crippen molar-refractivity contribution in [1.29, 1.82) is 10.5 Å². The van der Waals surface area contributed by atoms with Crippen molar-refractivity contribution < 1.29 is 0 Å². The molecule has 19 heavy (non-hydrogen) atoms. The predicted octanol–water partition coefficient (Wildman–Crippen LogP) is 4.23. The molecule has 0 unspecified atom stereocenters. The summed E-state index contributed by atoms with van der Waals surface area (Å²) in [4.78, 5) is 0. The summed E-state index contributed by atoms with van der Waals surface area (Å²) in [6, 6.07) is 19.2. The smallest absolute Gasteiger partial charge is 0.0998 e. The number of nitriles is 2. The molecular weight excluding hydrogens is 347 g/mol. The van der Waals surface area contributed by atoms with Crippen molar-refractivity contribution in [3.63, 3.8) is 0 Å². The van der Waals surface area contributed by atoms with Gasteiger partial charge in [-0.15, -0.1) is 0 Å². The van der Waals surface area contributed by atoms with Crippen LogP contribution in [0.25, 0.3) is 11.6 Å². The SMILES string of the molecule is N#C/C(=C/c1ccc(I)cc1)c1ccc(C#N)cc1. The van der Waals surface area contributed by atoms with E-state index in [4.69, 9.17) is 5.26 Å². The monoisotopic (exact) mass is 356 g/mol. The fourth-order valence-corrected chi connectivity index (χ4v) is 1.99. The van der Waals surface area contributed by atoms with E-state index in [9.17, 15) is 5.26 Å². The van der Waals surface area contributed by atoms with Crippen LogP contribution in [0.5, 0.6) is 0 Å². The van der Waals surface area contributed by atoms with E-state index in [2.05, 4.69) is 34.7 Å². The average molecular weight is 356 g/mol. The maximum Gasteiger partial charge on any atom is 0.0998 e. The minimum absolute atomic E-state index is 0.589. The summed E-state index contributed by atoms with van der Waals surface area (Å²) in [5.41, 5.74) is 2.99. The Labute approximate surface area is 125 Å². The molecule has 2 aromatic carbocycles. The highest BCUT2D eigenvalue weighted by atomic mass is 127. The van der Waals surface area contributed by atoms with Gasteiger partial charge in [-0.25, -0.2) is 0 Å². The Morgan fingerprint density at radius 1 is 0.947 bits per heavy atom. The third-order valence-electron chi connectivity index (χ3n) is 2.63. The molecule has 0 bridgehead atoms. The summed E-state index contributed by atoms with van der Waals surface area (Å²) in [5.74, 6) is 0. The average Bonchev–Trinajstić information content (AvgIpc) is 2.47. The predicted molar refractivity (Wildman–Crippen MR) is 83.8 cm³/mol. The molecule has 0 atom stereocenters. The van der Waals surface area contributed by atoms with E-state index >= 15 is 0 Å². The second kappa shape index (κ2) is 6.17. The molecule has 0 saturated heterocycles. The van der Waals surface area contributed by atoms with Gasteiger partial charge in [0.05, 0.1) is 23.3 Å². The zero-order valence-electron chi connectivity index (χ0n) is 9.97. The molecule has 90 valence electrons. The lowest BCUT2D eigenvalue weighted by Crippen LogP contribution is -1.83. The molecule has 0 spiro atoms. The van der Waals surface area contributed by atoms with Crippen molar-refractivity contribution in [3.8, 4) is 12.1 Å². The van der Waals surface area contributed by atoms with Crippen molar-refractivity contribution >= 4 is 34.2 Å². The van der Waals surface area contributed by atoms with Crippen molar-refractivity contribution in [2.45, 2.75) is 0 Å². The molecule has 3 heteroatoms. The lowest BCUT2D eigenvalue weighted by atomic mass is 10.0. The van der Waals surface area contributed by atoms with Crippen molar-refractivity contribution in [3.05, 3.63) is 68.8 Å². The number of halogens is 1. The first-order chi connectivity index (χ1) is 9.22. The molecule has 0 aliphatic rings. The lowest BCUT2D eigenvalue weighted by molar-refractivity contribution is 1.47. The summed E-state index contributed by atoms with van der Waals surface area (Å²) in [5, 5.41) is 18.0. The van der Waals surface area contributed by atoms with Gasteiger partial charge in [0.1, 0.15) is 0 Å². The molecule has 0 aliphatic carbocycles. The van der Waals surface area contributed by atoms with Crippen LogP contribution >= 0.6 is 22.6 Å². The van der Waals surface area contributed by atoms with E-state index < -0.39 is 0 Å². The van der Waals surface area contributed by atoms with Gasteiger partial charge in [0.2, 0.25) is 0 Å². The molecule has 0 aromatic heterocycles. The van der Waals surface area contributed by atoms with Crippen LogP contribution in [0.3, 0.4) is 0 Å². The molecular formula is C16H9IN2. The van der Waals surface area contributed by atoms with E-state index in [0.29, 0.717) is 11.1 Å². The first-order valence-electron chi connectivity index (χ1n) is 5.61. The Kier molecular flexibility index (Phi) is 4.33. The van der Waals surface area contributed by atoms with Gasteiger partial charge in [-0.05, 0) is 64.1 Å². The summed E-state index contributed by atoms with van der Waals surface area (Å²) < 4.78 is 1.16. The zero-order chi connectivity index (χ0) is 13.7. The molecule has 0 radical (unpaired) electrons. The van der Waals surface area contributed by atoms with Crippen molar-refractivity contribution in [2.24, 2.45) is 0 Å². The molecule has 2 rings (SSSR count). The molecule has 0 heterocycles. The summed E-state index contributed by atoms with van der Waals surface area (Å²) in [7, 11) is 0. The second-order valence-corrected chi connectivity index (χ2v) is 5.16. The van der Waals surface area contributed by atoms with Crippen LogP contribution in [0.1, 0.15) is 16.7 Å². The Hall–Kier alpha value is -2.11. The van der Waals surface area contributed by atoms with Gasteiger partial charge in [-0.3, -0.25) is 0 Å². The zero-order valence-corrected chi connectivity index (χ0v) is 12.1. The highest BCUT2D eigenvalue weighted by molar-refractivity contribution is 14.1. The minimum atomic E-state index is 0.589. The number of hydrogen-bond donors (Lipinski definition) is 0. The fourth-order valence-electron chi connectivity index (χ4n) is 1.63. The number of benzene rings is 2. The van der Waals surface area contributed by atoms with Crippen LogP contribution in [0, 0.1) is 26.2 Å². The van der Waals surface area contributed by atoms with Crippen LogP contribution in [0.4, 0.5) is 0 Å². The standard InChI is InChI=1S/C16H9IN2/c17-16-7-3-12(4-8-16)9-15(11-19)14-5-1-13(10-18)2-6-14/h1-9H/b15-9-. The van der Waals surface area contributed by atoms with Crippen molar-refractivity contribution in [2.75, 3.05) is 0 Å². The highest BCUT2D eigenvalue weighted by Gasteiger charge is 2.01. The van der Waals surface area contributed by atoms with Crippen LogP contribution in [-0.2, 0) is 0 Å². The van der Waals surface area contributed by atoms with Crippen LogP contribution in [0.2, 0.25) is 0 Å². The number of rotatable bonds is 2. The topological polar surface area (TPSA) is 47.6 Å². The molecule has 2 aromatic rings. The summed E-state index contributed by atoms with van der Waals surface area (Å²) in [6.45, 7) is 0. The maximum absolute atomic E-state index is 9.24. The quantitative estimate of drug-likeness (QED) is 0.459. The van der Waals surface area contributed by atoms with E-state index in [0.717, 1.165) is 14.7 Å². The van der Waals surface area contributed by atoms with E-state index in [-0.39, 0.29) is 0 Å². The first-order valence-corrected chi connectivity index (χ1v) is 6.69. The molecule has 0 amide bonds. The van der Waals surface area contributed by atoms with E-state index in [1.807, 2.05) is 30.3 Å². The van der Waals surface area contributed by atoms with Crippen LogP contribution in [-0.4, -0.2) is 0 Å². The van der Waals surface area contributed by atoms with E-state index in [1.165, 1.54) is 0 Å². The van der Waals surface area contributed by atoms with Gasteiger partial charge in [0.15, 0.2) is 0 Å². The van der Waals surface area contributed by atoms with E-state index in [1.54, 1.807) is 24.3 Å². The number of allylic oxidation sites excluding steroid dienone is 1. The summed E-state index contributed by atoms with van der Waals surface area (Å²) in [6.07, 6.45) is 1.84. The van der Waals surface area contributed by atoms with Gasteiger partial charge < -0.3 is 0 Å². The third kappa shape index (κ3) is 3.43. The largest absolute Gasteiger partial charge is 0.192 e. The Morgan fingerprint density at radius 2 is 1.58 bits per heavy atom. The third-order valence-corrected chi connectivity index (χ3v) is 3.35. The van der Waals surface area contributed by atoms with Crippen LogP contribution in [0.15, 0.2) is 48.5 Å². The van der Waals surface area contributed by atoms with Gasteiger partial charge in [0, 0.05) is 3.57 Å². The van der Waals surface area contributed by atoms with Crippen molar-refractivity contribution in [1.82, 2.24) is 0 Å². The second-order valence-electron chi connectivity index (χ2n) is 3.91. The fraction of sp³-hybridized carbons (Fsp3) is 0. The molecule has 2 nitrogen and oxygen atoms in total. The molecule has 0 saturated carbocycles. The number of nitrogens with zero attached hydrogens (tertiary/aromatic N) is 2. The molecule has 0 N–H and O–H groups in total.